The lowest BCUT2D eigenvalue weighted by Crippen LogP contribution is -2.15. The molecule has 0 amide bonds. The van der Waals surface area contributed by atoms with Crippen molar-refractivity contribution in [1.29, 1.82) is 0 Å². The summed E-state index contributed by atoms with van der Waals surface area (Å²) in [6, 6.07) is 6.93. The lowest BCUT2D eigenvalue weighted by molar-refractivity contribution is 0.600. The third-order valence-electron chi connectivity index (χ3n) is 2.89. The maximum Gasteiger partial charge on any atom is 0.265 e. The van der Waals surface area contributed by atoms with Gasteiger partial charge < -0.3 is 0 Å². The molecule has 108 valence electrons. The van der Waals surface area contributed by atoms with E-state index in [1.54, 1.807) is 37.4 Å². The molecule has 0 saturated heterocycles. The van der Waals surface area contributed by atoms with Gasteiger partial charge in [-0.15, -0.1) is 5.10 Å². The number of aryl methyl sites for hydroxylation is 1. The zero-order valence-electron chi connectivity index (χ0n) is 11.1. The van der Waals surface area contributed by atoms with E-state index in [1.807, 2.05) is 0 Å². The minimum Gasteiger partial charge on any atom is -0.281 e. The minimum atomic E-state index is -3.72. The second-order valence-electron chi connectivity index (χ2n) is 4.33. The van der Waals surface area contributed by atoms with Crippen molar-refractivity contribution in [2.45, 2.75) is 11.8 Å². The molecular formula is C12H12N6O2S. The zero-order valence-corrected chi connectivity index (χ0v) is 11.9. The number of nitrogens with one attached hydrogen (secondary N) is 2. The Balaban J connectivity index is 2.02. The predicted molar refractivity (Wildman–Crippen MR) is 75.5 cm³/mol. The van der Waals surface area contributed by atoms with E-state index >= 15 is 0 Å². The lowest BCUT2D eigenvalue weighted by Gasteiger charge is -2.11. The van der Waals surface area contributed by atoms with Crippen molar-refractivity contribution in [2.75, 3.05) is 4.72 Å². The molecule has 2 N–H and O–H groups in total. The maximum absolute atomic E-state index is 12.4. The summed E-state index contributed by atoms with van der Waals surface area (Å²) in [5.41, 5.74) is 1.46. The van der Waals surface area contributed by atoms with Crippen LogP contribution in [0.15, 0.2) is 47.8 Å². The first kappa shape index (κ1) is 13.3. The molecule has 0 atom stereocenters. The summed E-state index contributed by atoms with van der Waals surface area (Å²) in [4.78, 5) is 0.107. The topological polar surface area (TPSA) is 106 Å². The van der Waals surface area contributed by atoms with Gasteiger partial charge in [0.05, 0.1) is 35.7 Å². The molecule has 0 saturated carbocycles. The highest BCUT2D eigenvalue weighted by molar-refractivity contribution is 7.92. The van der Waals surface area contributed by atoms with Gasteiger partial charge in [-0.2, -0.15) is 5.10 Å². The van der Waals surface area contributed by atoms with Crippen LogP contribution in [0.3, 0.4) is 0 Å². The van der Waals surface area contributed by atoms with Gasteiger partial charge in [-0.3, -0.25) is 9.82 Å². The van der Waals surface area contributed by atoms with Crippen LogP contribution in [0.5, 0.6) is 0 Å². The van der Waals surface area contributed by atoms with Crippen LogP contribution in [-0.4, -0.2) is 33.6 Å². The molecule has 2 heterocycles. The van der Waals surface area contributed by atoms with Gasteiger partial charge in [0.2, 0.25) is 0 Å². The van der Waals surface area contributed by atoms with Crippen molar-refractivity contribution in [3.05, 3.63) is 48.5 Å². The number of para-hydroxylation sites is 2. The van der Waals surface area contributed by atoms with Crippen LogP contribution in [0.1, 0.15) is 5.69 Å². The normalized spacial score (nSPS) is 11.5. The van der Waals surface area contributed by atoms with Crippen LogP contribution >= 0.6 is 0 Å². The number of sulfonamides is 1. The molecule has 2 aromatic heterocycles. The SMILES string of the molecule is Cc1[nH]ncc1S(=O)(=O)Nc1ccccc1-n1ccnn1. The van der Waals surface area contributed by atoms with Gasteiger partial charge in [0.1, 0.15) is 4.90 Å². The number of anilines is 1. The lowest BCUT2D eigenvalue weighted by atomic mass is 10.3. The van der Waals surface area contributed by atoms with Gasteiger partial charge in [0.15, 0.2) is 0 Å². The Kier molecular flexibility index (Phi) is 3.18. The van der Waals surface area contributed by atoms with Crippen molar-refractivity contribution in [1.82, 2.24) is 25.2 Å². The Morgan fingerprint density at radius 3 is 2.76 bits per heavy atom. The smallest absolute Gasteiger partial charge is 0.265 e. The molecule has 1 aromatic carbocycles. The average molecular weight is 304 g/mol. The molecule has 0 radical (unpaired) electrons. The van der Waals surface area contributed by atoms with E-state index in [-0.39, 0.29) is 4.90 Å². The highest BCUT2D eigenvalue weighted by atomic mass is 32.2. The molecule has 3 aromatic rings. The van der Waals surface area contributed by atoms with Crippen LogP contribution in [-0.2, 0) is 10.0 Å². The molecule has 0 fully saturated rings. The Morgan fingerprint density at radius 2 is 2.10 bits per heavy atom. The van der Waals surface area contributed by atoms with E-state index < -0.39 is 10.0 Å². The Labute approximate surface area is 120 Å². The van der Waals surface area contributed by atoms with E-state index in [0.29, 0.717) is 17.1 Å². The molecule has 8 nitrogen and oxygen atoms in total. The molecule has 0 aliphatic rings. The van der Waals surface area contributed by atoms with E-state index in [9.17, 15) is 8.42 Å². The van der Waals surface area contributed by atoms with Crippen molar-refractivity contribution in [2.24, 2.45) is 0 Å². The quantitative estimate of drug-likeness (QED) is 0.751. The van der Waals surface area contributed by atoms with E-state index in [4.69, 9.17) is 0 Å². The largest absolute Gasteiger partial charge is 0.281 e. The second-order valence-corrected chi connectivity index (χ2v) is 5.98. The van der Waals surface area contributed by atoms with Gasteiger partial charge in [-0.25, -0.2) is 13.1 Å². The molecule has 0 bridgehead atoms. The first-order valence-electron chi connectivity index (χ1n) is 6.06. The molecule has 0 aliphatic heterocycles. The Hall–Kier alpha value is -2.68. The van der Waals surface area contributed by atoms with Crippen LogP contribution in [0.25, 0.3) is 5.69 Å². The number of hydrogen-bond acceptors (Lipinski definition) is 5. The maximum atomic E-state index is 12.4. The van der Waals surface area contributed by atoms with Gasteiger partial charge in [-0.1, -0.05) is 17.3 Å². The predicted octanol–water partition coefficient (Wildman–Crippen LogP) is 1.10. The Bertz CT molecular complexity index is 854. The minimum absolute atomic E-state index is 0.107. The number of H-pyrrole nitrogens is 1. The molecule has 21 heavy (non-hydrogen) atoms. The monoisotopic (exact) mass is 304 g/mol. The van der Waals surface area contributed by atoms with Gasteiger partial charge >= 0.3 is 0 Å². The number of aromatic amines is 1. The average Bonchev–Trinajstić information content (AvgIpc) is 3.10. The van der Waals surface area contributed by atoms with Gasteiger partial charge in [0.25, 0.3) is 10.0 Å². The number of aromatic nitrogens is 5. The number of benzene rings is 1. The number of rotatable bonds is 4. The van der Waals surface area contributed by atoms with Crippen LogP contribution in [0.2, 0.25) is 0 Å². The summed E-state index contributed by atoms with van der Waals surface area (Å²) >= 11 is 0. The van der Waals surface area contributed by atoms with Gasteiger partial charge in [-0.05, 0) is 19.1 Å². The highest BCUT2D eigenvalue weighted by Crippen LogP contribution is 2.23. The van der Waals surface area contributed by atoms with Crippen molar-refractivity contribution in [3.8, 4) is 5.69 Å². The number of hydrogen-bond donors (Lipinski definition) is 2. The standard InChI is InChI=1S/C12H12N6O2S/c1-9-12(8-14-15-9)21(19,20)16-10-4-2-3-5-11(10)18-7-6-13-17-18/h2-8,16H,1H3,(H,14,15). The van der Waals surface area contributed by atoms with Crippen LogP contribution < -0.4 is 4.72 Å². The van der Waals surface area contributed by atoms with E-state index in [1.165, 1.54) is 17.1 Å². The third kappa shape index (κ3) is 2.50. The van der Waals surface area contributed by atoms with Crippen molar-refractivity contribution < 1.29 is 8.42 Å². The molecular weight excluding hydrogens is 292 g/mol. The summed E-state index contributed by atoms with van der Waals surface area (Å²) < 4.78 is 28.8. The van der Waals surface area contributed by atoms with Gasteiger partial charge in [0, 0.05) is 0 Å². The van der Waals surface area contributed by atoms with Crippen molar-refractivity contribution >= 4 is 15.7 Å². The second kappa shape index (κ2) is 5.02. The molecule has 9 heteroatoms. The molecule has 0 spiro atoms. The summed E-state index contributed by atoms with van der Waals surface area (Å²) in [5.74, 6) is 0. The fourth-order valence-electron chi connectivity index (χ4n) is 1.91. The highest BCUT2D eigenvalue weighted by Gasteiger charge is 2.20. The van der Waals surface area contributed by atoms with Crippen molar-refractivity contribution in [3.63, 3.8) is 0 Å². The number of nitrogens with zero attached hydrogens (tertiary/aromatic N) is 4. The summed E-state index contributed by atoms with van der Waals surface area (Å²) in [5, 5.41) is 13.9. The summed E-state index contributed by atoms with van der Waals surface area (Å²) in [6.07, 6.45) is 4.43. The first-order valence-corrected chi connectivity index (χ1v) is 7.55. The summed E-state index contributed by atoms with van der Waals surface area (Å²) in [7, 11) is -3.72. The molecule has 3 rings (SSSR count). The van der Waals surface area contributed by atoms with E-state index in [0.717, 1.165) is 0 Å². The molecule has 0 aliphatic carbocycles. The third-order valence-corrected chi connectivity index (χ3v) is 4.37. The fraction of sp³-hybridized carbons (Fsp3) is 0.0833. The zero-order chi connectivity index (χ0) is 14.9. The van der Waals surface area contributed by atoms with E-state index in [2.05, 4.69) is 25.2 Å². The Morgan fingerprint density at radius 1 is 1.29 bits per heavy atom. The summed E-state index contributed by atoms with van der Waals surface area (Å²) in [6.45, 7) is 1.64. The van der Waals surface area contributed by atoms with Crippen LogP contribution in [0.4, 0.5) is 5.69 Å². The first-order chi connectivity index (χ1) is 10.1. The van der Waals surface area contributed by atoms with Crippen LogP contribution in [0, 0.1) is 6.92 Å². The molecule has 0 unspecified atom stereocenters. The fourth-order valence-corrected chi connectivity index (χ4v) is 3.12.